The average molecular weight is 227 g/mol. The lowest BCUT2D eigenvalue weighted by Gasteiger charge is -2.15. The van der Waals surface area contributed by atoms with Crippen LogP contribution in [0.5, 0.6) is 0 Å². The van der Waals surface area contributed by atoms with Gasteiger partial charge in [-0.3, -0.25) is 9.36 Å². The second kappa shape index (κ2) is 5.79. The highest BCUT2D eigenvalue weighted by atomic mass is 16.5. The Balaban J connectivity index is 0.00000128. The molecule has 1 aliphatic rings. The van der Waals surface area contributed by atoms with Crippen molar-refractivity contribution >= 4 is 0 Å². The van der Waals surface area contributed by atoms with Crippen LogP contribution < -0.4 is 5.56 Å². The maximum absolute atomic E-state index is 11.5. The van der Waals surface area contributed by atoms with Gasteiger partial charge in [0, 0.05) is 19.4 Å². The molecule has 0 radical (unpaired) electrons. The normalized spacial score (nSPS) is 24.1. The fourth-order valence-electron chi connectivity index (χ4n) is 1.88. The minimum absolute atomic E-state index is 0. The fraction of sp³-hybridized carbons (Fsp3) is 0.545. The van der Waals surface area contributed by atoms with Gasteiger partial charge in [0.15, 0.2) is 0 Å². The van der Waals surface area contributed by atoms with Crippen molar-refractivity contribution in [2.24, 2.45) is 0 Å². The van der Waals surface area contributed by atoms with Gasteiger partial charge in [0.1, 0.15) is 6.23 Å². The summed E-state index contributed by atoms with van der Waals surface area (Å²) in [6.07, 6.45) is 3.57. The van der Waals surface area contributed by atoms with E-state index in [-0.39, 0.29) is 23.4 Å². The van der Waals surface area contributed by atoms with Gasteiger partial charge in [-0.15, -0.1) is 0 Å². The van der Waals surface area contributed by atoms with Crippen molar-refractivity contribution in [2.75, 3.05) is 13.7 Å². The summed E-state index contributed by atoms with van der Waals surface area (Å²) in [6.45, 7) is 0.595. The van der Waals surface area contributed by atoms with E-state index >= 15 is 0 Å². The molecule has 0 aromatic carbocycles. The van der Waals surface area contributed by atoms with Crippen molar-refractivity contribution in [3.63, 3.8) is 0 Å². The highest BCUT2D eigenvalue weighted by Gasteiger charge is 2.26. The van der Waals surface area contributed by atoms with Crippen molar-refractivity contribution < 1.29 is 14.9 Å². The Morgan fingerprint density at radius 3 is 3.00 bits per heavy atom. The van der Waals surface area contributed by atoms with E-state index in [2.05, 4.69) is 0 Å². The molecule has 0 amide bonds. The van der Waals surface area contributed by atoms with E-state index in [4.69, 9.17) is 9.47 Å². The molecule has 2 rings (SSSR count). The average Bonchev–Trinajstić information content (AvgIpc) is 2.68. The van der Waals surface area contributed by atoms with Crippen LogP contribution in [0.2, 0.25) is 0 Å². The third-order valence-corrected chi connectivity index (χ3v) is 2.60. The van der Waals surface area contributed by atoms with Gasteiger partial charge in [-0.1, -0.05) is 6.07 Å². The number of hydrogen-bond acceptors (Lipinski definition) is 3. The first kappa shape index (κ1) is 12.9. The molecular formula is C11H17NO4. The Kier molecular flexibility index (Phi) is 4.67. The van der Waals surface area contributed by atoms with Gasteiger partial charge in [-0.2, -0.15) is 0 Å². The van der Waals surface area contributed by atoms with Gasteiger partial charge in [0.25, 0.3) is 5.56 Å². The number of hydrogen-bond donors (Lipinski definition) is 0. The van der Waals surface area contributed by atoms with Gasteiger partial charge in [-0.05, 0) is 18.9 Å². The molecule has 1 aromatic rings. The molecule has 2 atom stereocenters. The smallest absolute Gasteiger partial charge is 0.252 e. The molecule has 0 aliphatic carbocycles. The van der Waals surface area contributed by atoms with E-state index in [0.717, 1.165) is 12.8 Å². The minimum atomic E-state index is -0.126. The number of methoxy groups -OCH3 is 1. The highest BCUT2D eigenvalue weighted by Crippen LogP contribution is 2.26. The maximum Gasteiger partial charge on any atom is 0.252 e. The number of nitrogens with zero attached hydrogens (tertiary/aromatic N) is 1. The molecule has 2 heterocycles. The predicted octanol–water partition coefficient (Wildman–Crippen LogP) is 0.348. The van der Waals surface area contributed by atoms with Crippen LogP contribution in [0.4, 0.5) is 0 Å². The summed E-state index contributed by atoms with van der Waals surface area (Å²) in [5.41, 5.74) is -0.0134. The van der Waals surface area contributed by atoms with Crippen LogP contribution >= 0.6 is 0 Å². The molecule has 1 aromatic heterocycles. The largest absolute Gasteiger partial charge is 0.412 e. The van der Waals surface area contributed by atoms with Crippen molar-refractivity contribution in [1.29, 1.82) is 0 Å². The number of ether oxygens (including phenoxy) is 2. The van der Waals surface area contributed by atoms with Gasteiger partial charge in [0.05, 0.1) is 12.7 Å². The summed E-state index contributed by atoms with van der Waals surface area (Å²) in [5.74, 6) is 0. The van der Waals surface area contributed by atoms with E-state index in [1.807, 2.05) is 6.07 Å². The summed E-state index contributed by atoms with van der Waals surface area (Å²) in [4.78, 5) is 11.5. The quantitative estimate of drug-likeness (QED) is 0.747. The zero-order chi connectivity index (χ0) is 10.7. The number of rotatable bonds is 3. The van der Waals surface area contributed by atoms with Gasteiger partial charge in [-0.25, -0.2) is 0 Å². The Morgan fingerprint density at radius 2 is 2.31 bits per heavy atom. The molecule has 2 N–H and O–H groups in total. The minimum Gasteiger partial charge on any atom is -0.412 e. The first-order chi connectivity index (χ1) is 7.31. The van der Waals surface area contributed by atoms with Gasteiger partial charge < -0.3 is 14.9 Å². The lowest BCUT2D eigenvalue weighted by molar-refractivity contribution is -0.0329. The third-order valence-electron chi connectivity index (χ3n) is 2.60. The summed E-state index contributed by atoms with van der Waals surface area (Å²) in [7, 11) is 1.66. The highest BCUT2D eigenvalue weighted by molar-refractivity contribution is 4.94. The second-order valence-corrected chi connectivity index (χ2v) is 3.69. The van der Waals surface area contributed by atoms with Gasteiger partial charge >= 0.3 is 0 Å². The van der Waals surface area contributed by atoms with Crippen molar-refractivity contribution in [3.05, 3.63) is 34.7 Å². The molecule has 5 nitrogen and oxygen atoms in total. The Hall–Kier alpha value is -1.17. The summed E-state index contributed by atoms with van der Waals surface area (Å²) in [5, 5.41) is 0. The lowest BCUT2D eigenvalue weighted by atomic mass is 10.2. The molecule has 1 saturated heterocycles. The van der Waals surface area contributed by atoms with E-state index in [9.17, 15) is 4.79 Å². The van der Waals surface area contributed by atoms with Crippen LogP contribution in [0.25, 0.3) is 0 Å². The van der Waals surface area contributed by atoms with Crippen LogP contribution in [-0.2, 0) is 9.47 Å². The molecule has 16 heavy (non-hydrogen) atoms. The standard InChI is InChI=1S/C11H15NO3.H2O/c1-14-8-9-5-6-11(15-9)12-7-3-2-4-10(12)13;/h2-4,7,9,11H,5-6,8H2,1H3;1H2. The van der Waals surface area contributed by atoms with Crippen LogP contribution in [-0.4, -0.2) is 29.9 Å². The van der Waals surface area contributed by atoms with E-state index in [1.54, 1.807) is 30.0 Å². The van der Waals surface area contributed by atoms with E-state index in [1.165, 1.54) is 0 Å². The van der Waals surface area contributed by atoms with Gasteiger partial charge in [0.2, 0.25) is 0 Å². The van der Waals surface area contributed by atoms with Crippen LogP contribution in [0, 0.1) is 0 Å². The zero-order valence-electron chi connectivity index (χ0n) is 9.26. The lowest BCUT2D eigenvalue weighted by Crippen LogP contribution is -2.24. The van der Waals surface area contributed by atoms with E-state index in [0.29, 0.717) is 6.61 Å². The van der Waals surface area contributed by atoms with Crippen LogP contribution in [0.15, 0.2) is 29.2 Å². The van der Waals surface area contributed by atoms with Crippen LogP contribution in [0.3, 0.4) is 0 Å². The first-order valence-corrected chi connectivity index (χ1v) is 5.13. The van der Waals surface area contributed by atoms with Crippen LogP contribution in [0.1, 0.15) is 19.1 Å². The maximum atomic E-state index is 11.5. The first-order valence-electron chi connectivity index (χ1n) is 5.13. The summed E-state index contributed by atoms with van der Waals surface area (Å²) < 4.78 is 12.4. The molecule has 5 heteroatoms. The molecule has 1 aliphatic heterocycles. The second-order valence-electron chi connectivity index (χ2n) is 3.69. The monoisotopic (exact) mass is 227 g/mol. The molecule has 2 unspecified atom stereocenters. The van der Waals surface area contributed by atoms with E-state index < -0.39 is 0 Å². The topological polar surface area (TPSA) is 72.0 Å². The van der Waals surface area contributed by atoms with Crippen molar-refractivity contribution in [3.8, 4) is 0 Å². The summed E-state index contributed by atoms with van der Waals surface area (Å²) in [6, 6.07) is 5.13. The van der Waals surface area contributed by atoms with Crippen molar-refractivity contribution in [2.45, 2.75) is 25.2 Å². The Labute approximate surface area is 93.9 Å². The summed E-state index contributed by atoms with van der Waals surface area (Å²) >= 11 is 0. The van der Waals surface area contributed by atoms with Crippen molar-refractivity contribution in [1.82, 2.24) is 4.57 Å². The molecule has 0 saturated carbocycles. The fourth-order valence-corrected chi connectivity index (χ4v) is 1.88. The molecular weight excluding hydrogens is 210 g/mol. The Bertz CT molecular complexity index is 376. The third kappa shape index (κ3) is 2.69. The number of aromatic nitrogens is 1. The molecule has 0 bridgehead atoms. The Morgan fingerprint density at radius 1 is 1.50 bits per heavy atom. The molecule has 0 spiro atoms. The number of pyridine rings is 1. The molecule has 90 valence electrons. The molecule has 1 fully saturated rings. The SMILES string of the molecule is COCC1CCC(n2ccccc2=O)O1.O. The zero-order valence-corrected chi connectivity index (χ0v) is 9.26. The predicted molar refractivity (Wildman–Crippen MR) is 59.3 cm³/mol.